The second-order valence-electron chi connectivity index (χ2n) is 6.11. The summed E-state index contributed by atoms with van der Waals surface area (Å²) in [5, 5.41) is 20.8. The van der Waals surface area contributed by atoms with E-state index in [0.29, 0.717) is 12.8 Å². The maximum absolute atomic E-state index is 12.2. The lowest BCUT2D eigenvalue weighted by molar-refractivity contribution is -0.285. The number of aliphatic hydroxyl groups is 2. The highest BCUT2D eigenvalue weighted by Crippen LogP contribution is 2.46. The first-order valence-corrected chi connectivity index (χ1v) is 8.50. The lowest BCUT2D eigenvalue weighted by Crippen LogP contribution is -2.53. The van der Waals surface area contributed by atoms with Gasteiger partial charge in [0.2, 0.25) is 5.60 Å². The molecule has 0 aromatic rings. The quantitative estimate of drug-likeness (QED) is 0.349. The van der Waals surface area contributed by atoms with E-state index in [1.165, 1.54) is 0 Å². The minimum atomic E-state index is -2.10. The molecular weight excluding hydrogens is 320 g/mol. The Morgan fingerprint density at radius 3 is 1.96 bits per heavy atom. The van der Waals surface area contributed by atoms with Crippen molar-refractivity contribution in [3.8, 4) is 0 Å². The molecule has 1 rings (SSSR count). The van der Waals surface area contributed by atoms with Gasteiger partial charge in [-0.2, -0.15) is 9.78 Å². The maximum atomic E-state index is 12.2. The number of rotatable bonds is 10. The van der Waals surface area contributed by atoms with Crippen LogP contribution >= 0.6 is 0 Å². The molecule has 8 heteroatoms. The van der Waals surface area contributed by atoms with Crippen molar-refractivity contribution in [1.29, 1.82) is 0 Å². The molecule has 0 amide bonds. The fraction of sp³-hybridized carbons (Fsp3) is 0.875. The Labute approximate surface area is 141 Å². The molecule has 1 aliphatic rings. The van der Waals surface area contributed by atoms with Crippen LogP contribution in [0, 0.1) is 0 Å². The van der Waals surface area contributed by atoms with Crippen LogP contribution in [0.3, 0.4) is 0 Å². The summed E-state index contributed by atoms with van der Waals surface area (Å²) in [6.07, 6.45) is 2.54. The SMILES string of the molecule is CCCCC(O)(CC)C(=O)OOC(=O)C(O)(CC)C1(CCC)OO1. The van der Waals surface area contributed by atoms with E-state index in [2.05, 4.69) is 9.78 Å². The average molecular weight is 348 g/mol. The molecule has 0 aromatic heterocycles. The van der Waals surface area contributed by atoms with E-state index in [9.17, 15) is 19.8 Å². The molecule has 2 unspecified atom stereocenters. The third kappa shape index (κ3) is 4.05. The number of carbonyl (C=O) groups excluding carboxylic acids is 2. The van der Waals surface area contributed by atoms with Gasteiger partial charge < -0.3 is 10.2 Å². The summed E-state index contributed by atoms with van der Waals surface area (Å²) in [4.78, 5) is 42.9. The van der Waals surface area contributed by atoms with Gasteiger partial charge in [0.15, 0.2) is 5.60 Å². The van der Waals surface area contributed by atoms with Gasteiger partial charge in [0.05, 0.1) is 0 Å². The Morgan fingerprint density at radius 1 is 0.958 bits per heavy atom. The molecule has 0 radical (unpaired) electrons. The first kappa shape index (κ1) is 20.8. The molecule has 2 atom stereocenters. The van der Waals surface area contributed by atoms with E-state index in [1.54, 1.807) is 13.8 Å². The number of hydrogen-bond donors (Lipinski definition) is 2. The monoisotopic (exact) mass is 348 g/mol. The summed E-state index contributed by atoms with van der Waals surface area (Å²) < 4.78 is 0. The third-order valence-corrected chi connectivity index (χ3v) is 4.44. The molecular formula is C16H28O8. The van der Waals surface area contributed by atoms with Gasteiger partial charge in [-0.15, -0.1) is 0 Å². The van der Waals surface area contributed by atoms with Crippen LogP contribution in [0.2, 0.25) is 0 Å². The molecule has 8 nitrogen and oxygen atoms in total. The normalized spacial score (nSPS) is 20.6. The predicted octanol–water partition coefficient (Wildman–Crippen LogP) is 1.92. The summed E-state index contributed by atoms with van der Waals surface area (Å²) in [6.45, 7) is 6.94. The van der Waals surface area contributed by atoms with Crippen LogP contribution < -0.4 is 0 Å². The van der Waals surface area contributed by atoms with E-state index in [1.807, 2.05) is 13.8 Å². The van der Waals surface area contributed by atoms with Gasteiger partial charge in [-0.1, -0.05) is 47.0 Å². The molecule has 0 saturated carbocycles. The first-order valence-electron chi connectivity index (χ1n) is 8.50. The summed E-state index contributed by atoms with van der Waals surface area (Å²) in [5.74, 6) is -3.74. The van der Waals surface area contributed by atoms with E-state index in [-0.39, 0.29) is 25.7 Å². The Kier molecular flexibility index (Phi) is 7.15. The van der Waals surface area contributed by atoms with Crippen molar-refractivity contribution in [2.75, 3.05) is 0 Å². The first-order chi connectivity index (χ1) is 11.2. The van der Waals surface area contributed by atoms with Gasteiger partial charge in [-0.3, -0.25) is 0 Å². The van der Waals surface area contributed by atoms with Gasteiger partial charge in [-0.25, -0.2) is 19.4 Å². The molecule has 1 saturated heterocycles. The minimum Gasteiger partial charge on any atom is -0.378 e. The van der Waals surface area contributed by atoms with Crippen LogP contribution in [0.4, 0.5) is 0 Å². The predicted molar refractivity (Wildman–Crippen MR) is 82.0 cm³/mol. The average Bonchev–Trinajstić information content (AvgIpc) is 3.37. The molecule has 1 fully saturated rings. The molecule has 0 spiro atoms. The molecule has 1 heterocycles. The van der Waals surface area contributed by atoms with Crippen LogP contribution in [0.5, 0.6) is 0 Å². The van der Waals surface area contributed by atoms with Crippen LogP contribution in [-0.2, 0) is 29.1 Å². The highest BCUT2D eigenvalue weighted by Gasteiger charge is 2.69. The number of carbonyl (C=O) groups is 2. The lowest BCUT2D eigenvalue weighted by atomic mass is 9.88. The van der Waals surface area contributed by atoms with E-state index in [4.69, 9.17) is 9.78 Å². The Morgan fingerprint density at radius 2 is 1.54 bits per heavy atom. The Hall–Kier alpha value is -1.22. The summed E-state index contributed by atoms with van der Waals surface area (Å²) >= 11 is 0. The second kappa shape index (κ2) is 8.24. The van der Waals surface area contributed by atoms with Gasteiger partial charge >= 0.3 is 11.9 Å². The zero-order valence-electron chi connectivity index (χ0n) is 14.8. The molecule has 24 heavy (non-hydrogen) atoms. The van der Waals surface area contributed by atoms with E-state index in [0.717, 1.165) is 6.42 Å². The molecule has 1 aliphatic heterocycles. The van der Waals surface area contributed by atoms with Crippen molar-refractivity contribution in [2.24, 2.45) is 0 Å². The number of hydrogen-bond acceptors (Lipinski definition) is 8. The second-order valence-corrected chi connectivity index (χ2v) is 6.11. The standard InChI is InChI=1S/C16H28O8/c1-5-9-11-14(19,7-3)12(17)21-22-13(18)15(20,8-4)16(10-6-2)23-24-16/h19-20H,5-11H2,1-4H3. The van der Waals surface area contributed by atoms with Crippen LogP contribution in [0.25, 0.3) is 0 Å². The zero-order chi connectivity index (χ0) is 18.4. The van der Waals surface area contributed by atoms with Gasteiger partial charge in [-0.05, 0) is 19.3 Å². The van der Waals surface area contributed by atoms with Gasteiger partial charge in [0.25, 0.3) is 5.79 Å². The largest absolute Gasteiger partial charge is 0.392 e. The van der Waals surface area contributed by atoms with Crippen molar-refractivity contribution in [3.05, 3.63) is 0 Å². The fourth-order valence-corrected chi connectivity index (χ4v) is 2.49. The smallest absolute Gasteiger partial charge is 0.378 e. The van der Waals surface area contributed by atoms with Crippen molar-refractivity contribution in [2.45, 2.75) is 89.6 Å². The van der Waals surface area contributed by atoms with Crippen molar-refractivity contribution in [3.63, 3.8) is 0 Å². The van der Waals surface area contributed by atoms with Crippen molar-refractivity contribution >= 4 is 11.9 Å². The molecule has 140 valence electrons. The topological polar surface area (TPSA) is 118 Å². The fourth-order valence-electron chi connectivity index (χ4n) is 2.49. The van der Waals surface area contributed by atoms with Crippen LogP contribution in [0.15, 0.2) is 0 Å². The zero-order valence-corrected chi connectivity index (χ0v) is 14.8. The Balaban J connectivity index is 2.71. The molecule has 0 aromatic carbocycles. The lowest BCUT2D eigenvalue weighted by Gasteiger charge is -2.27. The minimum absolute atomic E-state index is 0.0583. The van der Waals surface area contributed by atoms with E-state index < -0.39 is 28.9 Å². The maximum Gasteiger partial charge on any atom is 0.392 e. The molecule has 0 bridgehead atoms. The highest BCUT2D eigenvalue weighted by molar-refractivity contribution is 5.83. The van der Waals surface area contributed by atoms with Gasteiger partial charge in [0, 0.05) is 6.42 Å². The van der Waals surface area contributed by atoms with Gasteiger partial charge in [0.1, 0.15) is 0 Å². The third-order valence-electron chi connectivity index (χ3n) is 4.44. The van der Waals surface area contributed by atoms with Crippen LogP contribution in [-0.4, -0.2) is 39.1 Å². The summed E-state index contributed by atoms with van der Waals surface area (Å²) in [6, 6.07) is 0. The molecule has 2 N–H and O–H groups in total. The Bertz CT molecular complexity index is 447. The molecule has 0 aliphatic carbocycles. The van der Waals surface area contributed by atoms with Crippen LogP contribution in [0.1, 0.15) is 72.6 Å². The highest BCUT2D eigenvalue weighted by atomic mass is 17.4. The van der Waals surface area contributed by atoms with Crippen molar-refractivity contribution < 1.29 is 39.4 Å². The summed E-state index contributed by atoms with van der Waals surface area (Å²) in [7, 11) is 0. The summed E-state index contributed by atoms with van der Waals surface area (Å²) in [5.41, 5.74) is -3.83. The number of unbranched alkanes of at least 4 members (excludes halogenated alkanes) is 1. The van der Waals surface area contributed by atoms with E-state index >= 15 is 0 Å². The van der Waals surface area contributed by atoms with Crippen molar-refractivity contribution in [1.82, 2.24) is 0 Å².